The van der Waals surface area contributed by atoms with E-state index in [1.165, 1.54) is 12.1 Å². The predicted molar refractivity (Wildman–Crippen MR) is 76.0 cm³/mol. The molecule has 1 saturated heterocycles. The third kappa shape index (κ3) is 2.69. The van der Waals surface area contributed by atoms with Gasteiger partial charge in [0.25, 0.3) is 0 Å². The minimum Gasteiger partial charge on any atom is -0.330 e. The Kier molecular flexibility index (Phi) is 3.62. The lowest BCUT2D eigenvalue weighted by Crippen LogP contribution is -2.24. The lowest BCUT2D eigenvalue weighted by atomic mass is 10.1. The molecule has 1 aliphatic rings. The van der Waals surface area contributed by atoms with Gasteiger partial charge in [0.1, 0.15) is 0 Å². The quantitative estimate of drug-likeness (QED) is 0.905. The summed E-state index contributed by atoms with van der Waals surface area (Å²) < 4.78 is 2.02. The van der Waals surface area contributed by atoms with E-state index in [0.717, 1.165) is 31.9 Å². The number of rotatable bonds is 4. The van der Waals surface area contributed by atoms with Gasteiger partial charge in [0.15, 0.2) is 0 Å². The standard InChI is InChI=1S/C15H20N4/c16-10-13-7-9-18(11-13)12-15-6-8-17-19(15)14-4-2-1-3-5-14/h1-6,8,13H,7,9-12,16H2. The number of nitrogens with zero attached hydrogens (tertiary/aromatic N) is 3. The SMILES string of the molecule is NCC1CCN(Cc2ccnn2-c2ccccc2)C1. The summed E-state index contributed by atoms with van der Waals surface area (Å²) in [6.07, 6.45) is 3.09. The molecule has 2 aromatic rings. The summed E-state index contributed by atoms with van der Waals surface area (Å²) in [5.74, 6) is 0.660. The number of nitrogens with two attached hydrogens (primary N) is 1. The van der Waals surface area contributed by atoms with E-state index in [2.05, 4.69) is 28.2 Å². The molecule has 19 heavy (non-hydrogen) atoms. The zero-order valence-corrected chi connectivity index (χ0v) is 11.1. The Hall–Kier alpha value is -1.65. The van der Waals surface area contributed by atoms with Crippen LogP contribution in [0.25, 0.3) is 5.69 Å². The first-order chi connectivity index (χ1) is 9.36. The van der Waals surface area contributed by atoms with Crippen molar-refractivity contribution in [1.29, 1.82) is 0 Å². The molecule has 1 aromatic heterocycles. The minimum absolute atomic E-state index is 0.660. The number of hydrogen-bond acceptors (Lipinski definition) is 3. The molecule has 0 bridgehead atoms. The highest BCUT2D eigenvalue weighted by atomic mass is 15.3. The van der Waals surface area contributed by atoms with Crippen LogP contribution in [0.1, 0.15) is 12.1 Å². The molecule has 4 heteroatoms. The molecule has 100 valence electrons. The van der Waals surface area contributed by atoms with Gasteiger partial charge in [-0.15, -0.1) is 0 Å². The average Bonchev–Trinajstić information content (AvgIpc) is 3.09. The van der Waals surface area contributed by atoms with Gasteiger partial charge < -0.3 is 5.73 Å². The summed E-state index contributed by atoms with van der Waals surface area (Å²) in [6, 6.07) is 12.4. The van der Waals surface area contributed by atoms with Gasteiger partial charge in [0, 0.05) is 19.3 Å². The second-order valence-corrected chi connectivity index (χ2v) is 5.20. The normalized spacial score (nSPS) is 19.9. The molecule has 2 heterocycles. The Morgan fingerprint density at radius 3 is 2.79 bits per heavy atom. The zero-order valence-electron chi connectivity index (χ0n) is 11.1. The fourth-order valence-corrected chi connectivity index (χ4v) is 2.73. The maximum atomic E-state index is 5.75. The maximum Gasteiger partial charge on any atom is 0.0649 e. The lowest BCUT2D eigenvalue weighted by Gasteiger charge is -2.16. The van der Waals surface area contributed by atoms with Crippen LogP contribution in [0.15, 0.2) is 42.6 Å². The molecule has 2 N–H and O–H groups in total. The van der Waals surface area contributed by atoms with Crippen molar-refractivity contribution in [2.24, 2.45) is 11.7 Å². The fraction of sp³-hybridized carbons (Fsp3) is 0.400. The van der Waals surface area contributed by atoms with Gasteiger partial charge in [-0.1, -0.05) is 18.2 Å². The predicted octanol–water partition coefficient (Wildman–Crippen LogP) is 1.65. The highest BCUT2D eigenvalue weighted by molar-refractivity contribution is 5.32. The van der Waals surface area contributed by atoms with Crippen molar-refractivity contribution in [1.82, 2.24) is 14.7 Å². The summed E-state index contributed by atoms with van der Waals surface area (Å²) in [7, 11) is 0. The molecule has 1 fully saturated rings. The van der Waals surface area contributed by atoms with Crippen LogP contribution in [-0.4, -0.2) is 34.3 Å². The molecular weight excluding hydrogens is 236 g/mol. The van der Waals surface area contributed by atoms with Crippen molar-refractivity contribution in [2.75, 3.05) is 19.6 Å². The van der Waals surface area contributed by atoms with Crippen LogP contribution < -0.4 is 5.73 Å². The Bertz CT molecular complexity index is 520. The van der Waals surface area contributed by atoms with Crippen LogP contribution in [0.4, 0.5) is 0 Å². The van der Waals surface area contributed by atoms with E-state index in [-0.39, 0.29) is 0 Å². The van der Waals surface area contributed by atoms with E-state index in [1.807, 2.05) is 29.1 Å². The number of likely N-dealkylation sites (tertiary alicyclic amines) is 1. The highest BCUT2D eigenvalue weighted by Crippen LogP contribution is 2.19. The van der Waals surface area contributed by atoms with Crippen molar-refractivity contribution >= 4 is 0 Å². The van der Waals surface area contributed by atoms with E-state index < -0.39 is 0 Å². The Morgan fingerprint density at radius 1 is 1.21 bits per heavy atom. The van der Waals surface area contributed by atoms with E-state index in [9.17, 15) is 0 Å². The third-order valence-electron chi connectivity index (χ3n) is 3.81. The van der Waals surface area contributed by atoms with Gasteiger partial charge in [-0.25, -0.2) is 4.68 Å². The van der Waals surface area contributed by atoms with Gasteiger partial charge >= 0.3 is 0 Å². The molecule has 0 saturated carbocycles. The Labute approximate surface area is 113 Å². The van der Waals surface area contributed by atoms with E-state index >= 15 is 0 Å². The van der Waals surface area contributed by atoms with Crippen molar-refractivity contribution in [3.63, 3.8) is 0 Å². The van der Waals surface area contributed by atoms with Crippen molar-refractivity contribution in [2.45, 2.75) is 13.0 Å². The molecule has 3 rings (SSSR count). The molecule has 0 radical (unpaired) electrons. The van der Waals surface area contributed by atoms with Crippen molar-refractivity contribution in [3.05, 3.63) is 48.3 Å². The van der Waals surface area contributed by atoms with E-state index in [0.29, 0.717) is 5.92 Å². The van der Waals surface area contributed by atoms with Crippen LogP contribution in [0.5, 0.6) is 0 Å². The van der Waals surface area contributed by atoms with Crippen LogP contribution in [0.2, 0.25) is 0 Å². The summed E-state index contributed by atoms with van der Waals surface area (Å²) in [4.78, 5) is 2.47. The third-order valence-corrected chi connectivity index (χ3v) is 3.81. The number of para-hydroxylation sites is 1. The summed E-state index contributed by atoms with van der Waals surface area (Å²) >= 11 is 0. The molecule has 1 unspecified atom stereocenters. The zero-order chi connectivity index (χ0) is 13.1. The monoisotopic (exact) mass is 256 g/mol. The first-order valence-electron chi connectivity index (χ1n) is 6.87. The van der Waals surface area contributed by atoms with Crippen LogP contribution in [0, 0.1) is 5.92 Å². The Morgan fingerprint density at radius 2 is 2.05 bits per heavy atom. The minimum atomic E-state index is 0.660. The molecule has 0 aliphatic carbocycles. The topological polar surface area (TPSA) is 47.1 Å². The van der Waals surface area contributed by atoms with E-state index in [1.54, 1.807) is 0 Å². The number of aromatic nitrogens is 2. The van der Waals surface area contributed by atoms with Crippen LogP contribution in [0.3, 0.4) is 0 Å². The largest absolute Gasteiger partial charge is 0.330 e. The number of benzene rings is 1. The molecular formula is C15H20N4. The lowest BCUT2D eigenvalue weighted by molar-refractivity contribution is 0.311. The van der Waals surface area contributed by atoms with Gasteiger partial charge in [0.05, 0.1) is 11.4 Å². The van der Waals surface area contributed by atoms with Crippen molar-refractivity contribution in [3.8, 4) is 5.69 Å². The van der Waals surface area contributed by atoms with Gasteiger partial charge in [-0.3, -0.25) is 4.90 Å². The molecule has 0 spiro atoms. The van der Waals surface area contributed by atoms with Crippen LogP contribution in [-0.2, 0) is 6.54 Å². The van der Waals surface area contributed by atoms with Gasteiger partial charge in [-0.05, 0) is 43.6 Å². The average molecular weight is 256 g/mol. The summed E-state index contributed by atoms with van der Waals surface area (Å²) in [5.41, 5.74) is 8.11. The van der Waals surface area contributed by atoms with Crippen LogP contribution >= 0.6 is 0 Å². The second-order valence-electron chi connectivity index (χ2n) is 5.20. The summed E-state index contributed by atoms with van der Waals surface area (Å²) in [6.45, 7) is 4.00. The summed E-state index contributed by atoms with van der Waals surface area (Å²) in [5, 5.41) is 4.43. The Balaban J connectivity index is 1.75. The molecule has 4 nitrogen and oxygen atoms in total. The molecule has 1 atom stereocenters. The number of hydrogen-bond donors (Lipinski definition) is 1. The smallest absolute Gasteiger partial charge is 0.0649 e. The van der Waals surface area contributed by atoms with E-state index in [4.69, 9.17) is 5.73 Å². The molecule has 1 aliphatic heterocycles. The fourth-order valence-electron chi connectivity index (χ4n) is 2.73. The van der Waals surface area contributed by atoms with Crippen molar-refractivity contribution < 1.29 is 0 Å². The second kappa shape index (κ2) is 5.55. The molecule has 1 aromatic carbocycles. The first kappa shape index (κ1) is 12.4. The molecule has 0 amide bonds. The van der Waals surface area contributed by atoms with Gasteiger partial charge in [0.2, 0.25) is 0 Å². The van der Waals surface area contributed by atoms with Gasteiger partial charge in [-0.2, -0.15) is 5.10 Å². The highest BCUT2D eigenvalue weighted by Gasteiger charge is 2.22. The maximum absolute atomic E-state index is 5.75. The first-order valence-corrected chi connectivity index (χ1v) is 6.87.